The second-order valence-electron chi connectivity index (χ2n) is 3.70. The second kappa shape index (κ2) is 6.67. The molecule has 94 valence electrons. The van der Waals surface area contributed by atoms with Gasteiger partial charge in [-0.05, 0) is 29.3 Å². The summed E-state index contributed by atoms with van der Waals surface area (Å²) in [6, 6.07) is 11.5. The number of hydrogen-bond donors (Lipinski definition) is 0. The van der Waals surface area contributed by atoms with Crippen LogP contribution in [-0.2, 0) is 11.5 Å². The van der Waals surface area contributed by atoms with E-state index in [4.69, 9.17) is 34.8 Å². The van der Waals surface area contributed by atoms with Gasteiger partial charge < -0.3 is 0 Å². The fourth-order valence-electron chi connectivity index (χ4n) is 1.41. The highest BCUT2D eigenvalue weighted by atomic mass is 35.5. The maximum atomic E-state index is 6.01. The van der Waals surface area contributed by atoms with Crippen molar-refractivity contribution in [1.82, 2.24) is 4.98 Å². The summed E-state index contributed by atoms with van der Waals surface area (Å²) in [5, 5.41) is 1.66. The van der Waals surface area contributed by atoms with Gasteiger partial charge in [-0.1, -0.05) is 53.0 Å². The van der Waals surface area contributed by atoms with Gasteiger partial charge in [0.05, 0.1) is 0 Å². The van der Waals surface area contributed by atoms with Crippen molar-refractivity contribution >= 4 is 46.6 Å². The second-order valence-corrected chi connectivity index (χ2v) is 5.87. The van der Waals surface area contributed by atoms with Gasteiger partial charge in [0.1, 0.15) is 10.3 Å². The lowest BCUT2D eigenvalue weighted by molar-refractivity contribution is 1.25. The van der Waals surface area contributed by atoms with Gasteiger partial charge >= 0.3 is 0 Å². The number of thioether (sulfide) groups is 1. The Morgan fingerprint density at radius 2 is 1.61 bits per heavy atom. The Hall–Kier alpha value is -0.410. The van der Waals surface area contributed by atoms with Crippen molar-refractivity contribution in [3.05, 3.63) is 62.9 Å². The van der Waals surface area contributed by atoms with E-state index in [1.165, 1.54) is 5.56 Å². The van der Waals surface area contributed by atoms with E-state index in [-0.39, 0.29) is 0 Å². The van der Waals surface area contributed by atoms with E-state index in [2.05, 4.69) is 4.98 Å². The summed E-state index contributed by atoms with van der Waals surface area (Å²) in [6.45, 7) is 0. The Kier molecular flexibility index (Phi) is 5.19. The third-order valence-corrected chi connectivity index (χ3v) is 4.17. The molecule has 0 saturated heterocycles. The van der Waals surface area contributed by atoms with E-state index in [0.29, 0.717) is 10.3 Å². The number of rotatable bonds is 4. The summed E-state index contributed by atoms with van der Waals surface area (Å²) in [6.07, 6.45) is 0. The molecule has 18 heavy (non-hydrogen) atoms. The van der Waals surface area contributed by atoms with Crippen LogP contribution >= 0.6 is 46.6 Å². The zero-order chi connectivity index (χ0) is 13.0. The van der Waals surface area contributed by atoms with Gasteiger partial charge in [-0.25, -0.2) is 4.98 Å². The lowest BCUT2D eigenvalue weighted by atomic mass is 10.2. The van der Waals surface area contributed by atoms with Crippen molar-refractivity contribution in [2.45, 2.75) is 11.5 Å². The Bertz CT molecular complexity index is 528. The zero-order valence-corrected chi connectivity index (χ0v) is 12.5. The number of hydrogen-bond acceptors (Lipinski definition) is 2. The molecule has 0 atom stereocenters. The predicted molar refractivity (Wildman–Crippen MR) is 80.7 cm³/mol. The van der Waals surface area contributed by atoms with Crippen molar-refractivity contribution in [3.8, 4) is 0 Å². The van der Waals surface area contributed by atoms with Gasteiger partial charge in [0.25, 0.3) is 0 Å². The molecule has 1 heterocycles. The summed E-state index contributed by atoms with van der Waals surface area (Å²) in [5.74, 6) is 1.72. The van der Waals surface area contributed by atoms with Crippen molar-refractivity contribution in [1.29, 1.82) is 0 Å². The molecule has 0 unspecified atom stereocenters. The highest BCUT2D eigenvalue weighted by Gasteiger charge is 2.03. The number of halogens is 3. The Morgan fingerprint density at radius 3 is 2.28 bits per heavy atom. The molecule has 0 fully saturated rings. The van der Waals surface area contributed by atoms with E-state index in [1.54, 1.807) is 17.8 Å². The molecule has 1 aromatic heterocycles. The minimum Gasteiger partial charge on any atom is -0.224 e. The number of aromatic nitrogens is 1. The molecular weight excluding hydrogens is 309 g/mol. The largest absolute Gasteiger partial charge is 0.224 e. The fraction of sp³-hybridized carbons (Fsp3) is 0.154. The van der Waals surface area contributed by atoms with E-state index >= 15 is 0 Å². The average molecular weight is 319 g/mol. The van der Waals surface area contributed by atoms with Gasteiger partial charge in [0, 0.05) is 16.5 Å². The van der Waals surface area contributed by atoms with Crippen LogP contribution in [0.25, 0.3) is 0 Å². The molecule has 0 aliphatic carbocycles. The highest BCUT2D eigenvalue weighted by Crippen LogP contribution is 2.24. The first kappa shape index (κ1) is 14.0. The molecule has 0 spiro atoms. The quantitative estimate of drug-likeness (QED) is 0.693. The normalized spacial score (nSPS) is 10.6. The summed E-state index contributed by atoms with van der Waals surface area (Å²) in [5.41, 5.74) is 2.24. The standard InChI is InChI=1S/C13H10Cl3NS/c14-11-4-1-9(2-5-11)7-18-8-10-3-6-12(15)17-13(10)16/h1-6H,7-8H2. The van der Waals surface area contributed by atoms with Gasteiger partial charge in [0.2, 0.25) is 0 Å². The summed E-state index contributed by atoms with van der Waals surface area (Å²) in [7, 11) is 0. The zero-order valence-electron chi connectivity index (χ0n) is 9.37. The van der Waals surface area contributed by atoms with Crippen molar-refractivity contribution < 1.29 is 0 Å². The van der Waals surface area contributed by atoms with Crippen LogP contribution in [-0.4, -0.2) is 4.98 Å². The molecule has 1 aromatic carbocycles. The molecule has 0 N–H and O–H groups in total. The average Bonchev–Trinajstić information content (AvgIpc) is 2.34. The molecule has 0 amide bonds. The monoisotopic (exact) mass is 317 g/mol. The topological polar surface area (TPSA) is 12.9 Å². The molecule has 1 nitrogen and oxygen atoms in total. The molecule has 0 aliphatic heterocycles. The van der Waals surface area contributed by atoms with Gasteiger partial charge in [-0.2, -0.15) is 11.8 Å². The maximum absolute atomic E-state index is 6.01. The summed E-state index contributed by atoms with van der Waals surface area (Å²) < 4.78 is 0. The van der Waals surface area contributed by atoms with Gasteiger partial charge in [0.15, 0.2) is 0 Å². The maximum Gasteiger partial charge on any atom is 0.134 e. The van der Waals surface area contributed by atoms with Crippen LogP contribution < -0.4 is 0 Å². The molecule has 0 bridgehead atoms. The third-order valence-electron chi connectivity index (χ3n) is 2.33. The number of nitrogens with zero attached hydrogens (tertiary/aromatic N) is 1. The molecule has 5 heteroatoms. The van der Waals surface area contributed by atoms with Crippen molar-refractivity contribution in [2.24, 2.45) is 0 Å². The summed E-state index contributed by atoms with van der Waals surface area (Å²) in [4.78, 5) is 4.01. The van der Waals surface area contributed by atoms with Crippen molar-refractivity contribution in [2.75, 3.05) is 0 Å². The fourth-order valence-corrected chi connectivity index (χ4v) is 3.01. The Balaban J connectivity index is 1.90. The van der Waals surface area contributed by atoms with E-state index in [9.17, 15) is 0 Å². The van der Waals surface area contributed by atoms with E-state index in [1.807, 2.05) is 30.3 Å². The molecule has 0 saturated carbocycles. The predicted octanol–water partition coefficient (Wildman–Crippen LogP) is 5.48. The van der Waals surface area contributed by atoms with Crippen LogP contribution in [0.4, 0.5) is 0 Å². The molecule has 2 aromatic rings. The third kappa shape index (κ3) is 4.06. The van der Waals surface area contributed by atoms with Gasteiger partial charge in [-0.3, -0.25) is 0 Å². The van der Waals surface area contributed by atoms with Crippen LogP contribution in [0.3, 0.4) is 0 Å². The molecular formula is C13H10Cl3NS. The van der Waals surface area contributed by atoms with Crippen molar-refractivity contribution in [3.63, 3.8) is 0 Å². The summed E-state index contributed by atoms with van der Waals surface area (Å²) >= 11 is 19.4. The lowest BCUT2D eigenvalue weighted by Crippen LogP contribution is -1.88. The minimum atomic E-state index is 0.423. The number of pyridine rings is 1. The van der Waals surface area contributed by atoms with Crippen LogP contribution in [0.2, 0.25) is 15.3 Å². The number of benzene rings is 1. The first-order chi connectivity index (χ1) is 8.65. The lowest BCUT2D eigenvalue weighted by Gasteiger charge is -2.04. The SMILES string of the molecule is Clc1ccc(CSCc2ccc(Cl)nc2Cl)cc1. The van der Waals surface area contributed by atoms with E-state index < -0.39 is 0 Å². The van der Waals surface area contributed by atoms with Crippen LogP contribution in [0.1, 0.15) is 11.1 Å². The van der Waals surface area contributed by atoms with Crippen LogP contribution in [0.15, 0.2) is 36.4 Å². The Labute approximate surface area is 125 Å². The first-order valence-corrected chi connectivity index (χ1v) is 7.57. The smallest absolute Gasteiger partial charge is 0.134 e. The Morgan fingerprint density at radius 1 is 0.889 bits per heavy atom. The highest BCUT2D eigenvalue weighted by molar-refractivity contribution is 7.97. The van der Waals surface area contributed by atoms with Crippen LogP contribution in [0.5, 0.6) is 0 Å². The van der Waals surface area contributed by atoms with Crippen LogP contribution in [0, 0.1) is 0 Å². The molecule has 2 rings (SSSR count). The molecule has 0 aliphatic rings. The first-order valence-electron chi connectivity index (χ1n) is 5.28. The minimum absolute atomic E-state index is 0.423. The van der Waals surface area contributed by atoms with Gasteiger partial charge in [-0.15, -0.1) is 0 Å². The van der Waals surface area contributed by atoms with E-state index in [0.717, 1.165) is 22.1 Å². The molecule has 0 radical (unpaired) electrons.